The third-order valence-electron chi connectivity index (χ3n) is 5.04. The van der Waals surface area contributed by atoms with Crippen LogP contribution in [0.25, 0.3) is 34.7 Å². The molecular weight excluding hydrogens is 580 g/mol. The van der Waals surface area contributed by atoms with Crippen molar-refractivity contribution < 1.29 is 36.1 Å². The maximum atomic E-state index is 11.7. The number of tetrazole rings is 2. The molecule has 0 unspecified atom stereocenters. The van der Waals surface area contributed by atoms with Crippen LogP contribution in [0.2, 0.25) is 0 Å². The zero-order valence-corrected chi connectivity index (χ0v) is 22.1. The first-order valence-electron chi connectivity index (χ1n) is 11.1. The molecule has 18 nitrogen and oxygen atoms in total. The fourth-order valence-corrected chi connectivity index (χ4v) is 3.27. The molecule has 0 aliphatic rings. The Bertz CT molecular complexity index is 1470. The van der Waals surface area contributed by atoms with Crippen LogP contribution in [-0.2, 0) is 26.5 Å². The molecule has 0 N–H and O–H groups in total. The van der Waals surface area contributed by atoms with E-state index in [1.54, 1.807) is 49.1 Å². The second-order valence-corrected chi connectivity index (χ2v) is 7.49. The smallest absolute Gasteiger partial charge is 0.465 e. The van der Waals surface area contributed by atoms with E-state index in [1.165, 1.54) is 35.7 Å². The van der Waals surface area contributed by atoms with Crippen LogP contribution in [0.4, 0.5) is 0 Å². The summed E-state index contributed by atoms with van der Waals surface area (Å²) in [5, 5.41) is 36.6. The molecule has 0 saturated carbocycles. The van der Waals surface area contributed by atoms with Crippen molar-refractivity contribution in [2.45, 2.75) is 0 Å². The van der Waals surface area contributed by atoms with Crippen molar-refractivity contribution in [3.63, 3.8) is 0 Å². The summed E-state index contributed by atoms with van der Waals surface area (Å²) in [4.78, 5) is 32.1. The summed E-state index contributed by atoms with van der Waals surface area (Å²) >= 11 is 0. The van der Waals surface area contributed by atoms with Gasteiger partial charge in [0.25, 0.3) is 0 Å². The SMILES string of the molecule is COC(=O)c1cc(-c2nn[n-]n2)nc(-n2cccn2)c1.COC(=O)c1cc(-c2nnn[n-]2)nc(-n2cccn2)c1.[Fe+2]. The topological polar surface area (TPSA) is 220 Å². The molecule has 206 valence electrons. The third-order valence-corrected chi connectivity index (χ3v) is 5.04. The third kappa shape index (κ3) is 6.49. The van der Waals surface area contributed by atoms with Gasteiger partial charge in [0.1, 0.15) is 0 Å². The van der Waals surface area contributed by atoms with E-state index < -0.39 is 11.9 Å². The second kappa shape index (κ2) is 12.9. The van der Waals surface area contributed by atoms with Gasteiger partial charge in [0, 0.05) is 24.8 Å². The quantitative estimate of drug-likeness (QED) is 0.178. The molecule has 41 heavy (non-hydrogen) atoms. The van der Waals surface area contributed by atoms with E-state index in [2.05, 4.69) is 61.4 Å². The predicted octanol–water partition coefficient (Wildman–Crippen LogP) is -0.276. The number of methoxy groups -OCH3 is 2. The molecule has 6 aromatic rings. The molecule has 0 radical (unpaired) electrons. The van der Waals surface area contributed by atoms with Gasteiger partial charge in [0.05, 0.1) is 48.4 Å². The predicted molar refractivity (Wildman–Crippen MR) is 130 cm³/mol. The molecule has 0 spiro atoms. The van der Waals surface area contributed by atoms with Gasteiger partial charge in [-0.25, -0.2) is 34.0 Å². The van der Waals surface area contributed by atoms with Crippen molar-refractivity contribution in [3.05, 3.63) is 72.3 Å². The number of ether oxygens (including phenoxy) is 2. The number of carbonyl (C=O) groups excluding carboxylic acids is 2. The molecular formula is C22H16FeN14O4. The maximum Gasteiger partial charge on any atom is 2.00 e. The molecule has 0 bridgehead atoms. The molecule has 0 aliphatic heterocycles. The second-order valence-electron chi connectivity index (χ2n) is 7.49. The molecule has 6 aromatic heterocycles. The summed E-state index contributed by atoms with van der Waals surface area (Å²) in [5.41, 5.74) is 1.35. The number of hydrogen-bond acceptors (Lipinski definition) is 14. The summed E-state index contributed by atoms with van der Waals surface area (Å²) in [7, 11) is 2.61. The fourth-order valence-electron chi connectivity index (χ4n) is 3.27. The van der Waals surface area contributed by atoms with E-state index in [4.69, 9.17) is 9.47 Å². The largest absolute Gasteiger partial charge is 2.00 e. The molecule has 0 fully saturated rings. The Morgan fingerprint density at radius 2 is 1.37 bits per heavy atom. The van der Waals surface area contributed by atoms with Gasteiger partial charge in [-0.3, -0.25) is 20.7 Å². The first kappa shape index (κ1) is 28.3. The van der Waals surface area contributed by atoms with Gasteiger partial charge in [-0.2, -0.15) is 15.4 Å². The van der Waals surface area contributed by atoms with Gasteiger partial charge < -0.3 is 19.7 Å². The van der Waals surface area contributed by atoms with Crippen molar-refractivity contribution >= 4 is 11.9 Å². The average molecular weight is 596 g/mol. The van der Waals surface area contributed by atoms with Crippen LogP contribution in [0.1, 0.15) is 20.7 Å². The summed E-state index contributed by atoms with van der Waals surface area (Å²) in [6.07, 6.45) is 6.62. The van der Waals surface area contributed by atoms with Crippen molar-refractivity contribution in [2.24, 2.45) is 0 Å². The number of esters is 2. The zero-order valence-electron chi connectivity index (χ0n) is 21.0. The summed E-state index contributed by atoms with van der Waals surface area (Å²) in [6, 6.07) is 9.63. The van der Waals surface area contributed by atoms with E-state index >= 15 is 0 Å². The van der Waals surface area contributed by atoms with Crippen molar-refractivity contribution in [3.8, 4) is 34.7 Å². The van der Waals surface area contributed by atoms with Crippen LogP contribution in [0.15, 0.2) is 61.2 Å². The molecule has 0 saturated heterocycles. The van der Waals surface area contributed by atoms with Crippen LogP contribution < -0.4 is 10.3 Å². The van der Waals surface area contributed by atoms with Gasteiger partial charge in [-0.1, -0.05) is 0 Å². The Morgan fingerprint density at radius 3 is 1.83 bits per heavy atom. The molecule has 19 heteroatoms. The van der Waals surface area contributed by atoms with Crippen molar-refractivity contribution in [2.75, 3.05) is 14.2 Å². The van der Waals surface area contributed by atoms with Crippen molar-refractivity contribution in [1.82, 2.24) is 70.8 Å². The first-order chi connectivity index (χ1) is 19.6. The number of pyridine rings is 2. The van der Waals surface area contributed by atoms with Crippen LogP contribution in [0, 0.1) is 0 Å². The van der Waals surface area contributed by atoms with E-state index in [0.717, 1.165) is 0 Å². The minimum absolute atomic E-state index is 0. The van der Waals surface area contributed by atoms with Crippen LogP contribution >= 0.6 is 0 Å². The fraction of sp³-hybridized carbons (Fsp3) is 0.0909. The average Bonchev–Trinajstić information content (AvgIpc) is 3.83. The van der Waals surface area contributed by atoms with Gasteiger partial charge in [-0.05, 0) is 36.4 Å². The number of aromatic nitrogens is 14. The van der Waals surface area contributed by atoms with E-state index in [0.29, 0.717) is 34.2 Å². The molecule has 6 heterocycles. The number of rotatable bonds is 6. The van der Waals surface area contributed by atoms with Gasteiger partial charge in [-0.15, -0.1) is 0 Å². The number of nitrogens with zero attached hydrogens (tertiary/aromatic N) is 14. The Balaban J connectivity index is 0.000000184. The van der Waals surface area contributed by atoms with E-state index in [9.17, 15) is 9.59 Å². The molecule has 0 aromatic carbocycles. The van der Waals surface area contributed by atoms with Gasteiger partial charge in [0.15, 0.2) is 11.6 Å². The normalized spacial score (nSPS) is 10.2. The summed E-state index contributed by atoms with van der Waals surface area (Å²) in [5.74, 6) is 0.354. The van der Waals surface area contributed by atoms with Gasteiger partial charge >= 0.3 is 29.0 Å². The van der Waals surface area contributed by atoms with Crippen molar-refractivity contribution in [1.29, 1.82) is 0 Å². The molecule has 0 amide bonds. The summed E-state index contributed by atoms with van der Waals surface area (Å²) < 4.78 is 12.5. The first-order valence-corrected chi connectivity index (χ1v) is 11.1. The van der Waals surface area contributed by atoms with Crippen LogP contribution in [0.5, 0.6) is 0 Å². The minimum atomic E-state index is -0.491. The Morgan fingerprint density at radius 1 is 0.780 bits per heavy atom. The number of carbonyl (C=O) groups is 2. The maximum absolute atomic E-state index is 11.7. The van der Waals surface area contributed by atoms with Crippen LogP contribution in [0.3, 0.4) is 0 Å². The molecule has 0 atom stereocenters. The zero-order chi connectivity index (χ0) is 27.9. The number of hydrogen-bond donors (Lipinski definition) is 0. The van der Waals surface area contributed by atoms with E-state index in [1.807, 2.05) is 0 Å². The monoisotopic (exact) mass is 596 g/mol. The van der Waals surface area contributed by atoms with Crippen LogP contribution in [-0.4, -0.2) is 86.6 Å². The molecule has 6 rings (SSSR count). The summed E-state index contributed by atoms with van der Waals surface area (Å²) in [6.45, 7) is 0. The van der Waals surface area contributed by atoms with E-state index in [-0.39, 0.29) is 28.7 Å². The van der Waals surface area contributed by atoms with Gasteiger partial charge in [0.2, 0.25) is 0 Å². The minimum Gasteiger partial charge on any atom is -0.465 e. The standard InChI is InChI=1S/2C11H8N7O2.Fe/c2*1-20-11(19)7-5-8(10-14-16-17-15-10)13-9(6-7)18-4-2-3-12-18;/h2*2-6H,1H3;/q2*-1;+2. The molecule has 0 aliphatic carbocycles. The Hall–Kier alpha value is -5.68. The Kier molecular flexibility index (Phi) is 8.92. The Labute approximate surface area is 240 Å².